The number of carboxylic acids is 2. The second-order valence-corrected chi connectivity index (χ2v) is 10.2. The van der Waals surface area contributed by atoms with E-state index in [2.05, 4.69) is 0 Å². The number of carbonyl (C=O) groups is 4. The van der Waals surface area contributed by atoms with Gasteiger partial charge in [-0.2, -0.15) is 4.89 Å². The lowest BCUT2D eigenvalue weighted by Crippen LogP contribution is -2.35. The molecule has 0 heterocycles. The molecular formula is C34H30O10. The number of aromatic carboxylic acids is 2. The molecule has 1 atom stereocenters. The number of carboxylic acid groups (broad SMARTS) is 2. The highest BCUT2D eigenvalue weighted by Gasteiger charge is 2.38. The van der Waals surface area contributed by atoms with Crippen LogP contribution in [0.5, 0.6) is 11.5 Å². The third-order valence-corrected chi connectivity index (χ3v) is 7.16. The minimum Gasteiger partial charge on any atom is -0.478 e. The quantitative estimate of drug-likeness (QED) is 0.0925. The molecule has 0 aromatic heterocycles. The predicted octanol–water partition coefficient (Wildman–Crippen LogP) is 5.91. The van der Waals surface area contributed by atoms with E-state index >= 15 is 0 Å². The number of hydrogen-bond donors (Lipinski definition) is 2. The third kappa shape index (κ3) is 6.77. The molecule has 0 saturated carbocycles. The van der Waals surface area contributed by atoms with E-state index < -0.39 is 29.3 Å². The maximum Gasteiger partial charge on any atom is 0.344 e. The molecule has 44 heavy (non-hydrogen) atoms. The van der Waals surface area contributed by atoms with Gasteiger partial charge in [0.15, 0.2) is 5.75 Å². The predicted molar refractivity (Wildman–Crippen MR) is 158 cm³/mol. The molecule has 0 amide bonds. The fourth-order valence-electron chi connectivity index (χ4n) is 4.66. The fourth-order valence-corrected chi connectivity index (χ4v) is 4.66. The summed E-state index contributed by atoms with van der Waals surface area (Å²) in [5.74, 6) is -3.20. The monoisotopic (exact) mass is 598 g/mol. The molecule has 0 spiro atoms. The third-order valence-electron chi connectivity index (χ3n) is 7.16. The van der Waals surface area contributed by atoms with E-state index in [9.17, 15) is 29.4 Å². The topological polar surface area (TPSA) is 146 Å². The lowest BCUT2D eigenvalue weighted by molar-refractivity contribution is -0.217. The summed E-state index contributed by atoms with van der Waals surface area (Å²) in [7, 11) is 1.28. The van der Waals surface area contributed by atoms with Gasteiger partial charge in [-0.05, 0) is 79.9 Å². The number of aryl methyl sites for hydroxylation is 2. The van der Waals surface area contributed by atoms with Gasteiger partial charge in [-0.25, -0.2) is 14.4 Å². The standard InChI is InChI=1S/C34H30O10/c1-20-5-7-22(28(17-20)30(35)36)19-42-44-26-14-10-24(11-15-26)34(3,33(40)41-4)23-8-12-25(13-9-23)43-32(39)27-16-6-21(2)18-29(27)31(37)38/h5-18H,19H2,1-4H3,(H,35,36)(H,37,38). The van der Waals surface area contributed by atoms with Crippen molar-refractivity contribution in [2.24, 2.45) is 0 Å². The highest BCUT2D eigenvalue weighted by Crippen LogP contribution is 2.35. The zero-order chi connectivity index (χ0) is 32.0. The molecule has 10 nitrogen and oxygen atoms in total. The van der Waals surface area contributed by atoms with E-state index in [1.165, 1.54) is 31.4 Å². The Balaban J connectivity index is 1.49. The number of rotatable bonds is 11. The molecule has 226 valence electrons. The molecule has 4 aromatic carbocycles. The molecule has 0 radical (unpaired) electrons. The second-order valence-electron chi connectivity index (χ2n) is 10.2. The molecule has 0 fully saturated rings. The van der Waals surface area contributed by atoms with E-state index in [4.69, 9.17) is 19.2 Å². The van der Waals surface area contributed by atoms with Crippen LogP contribution in [0.1, 0.15) is 65.8 Å². The Morgan fingerprint density at radius 2 is 1.20 bits per heavy atom. The maximum absolute atomic E-state index is 13.1. The summed E-state index contributed by atoms with van der Waals surface area (Å²) >= 11 is 0. The van der Waals surface area contributed by atoms with Crippen LogP contribution in [-0.4, -0.2) is 41.2 Å². The second kappa shape index (κ2) is 13.2. The first-order valence-electron chi connectivity index (χ1n) is 13.4. The average Bonchev–Trinajstić information content (AvgIpc) is 3.01. The van der Waals surface area contributed by atoms with Crippen LogP contribution in [0.15, 0.2) is 84.9 Å². The van der Waals surface area contributed by atoms with Crippen LogP contribution in [0.3, 0.4) is 0 Å². The van der Waals surface area contributed by atoms with Gasteiger partial charge in [0, 0.05) is 0 Å². The van der Waals surface area contributed by atoms with Gasteiger partial charge in [0.2, 0.25) is 0 Å². The van der Waals surface area contributed by atoms with Gasteiger partial charge in [0.25, 0.3) is 0 Å². The van der Waals surface area contributed by atoms with Gasteiger partial charge in [-0.15, -0.1) is 0 Å². The highest BCUT2D eigenvalue weighted by atomic mass is 17.2. The van der Waals surface area contributed by atoms with Gasteiger partial charge in [0.05, 0.1) is 23.8 Å². The molecule has 1 unspecified atom stereocenters. The van der Waals surface area contributed by atoms with Gasteiger partial charge in [0.1, 0.15) is 17.8 Å². The summed E-state index contributed by atoms with van der Waals surface area (Å²) < 4.78 is 10.5. The minimum atomic E-state index is -1.26. The van der Waals surface area contributed by atoms with Crippen LogP contribution in [-0.2, 0) is 26.4 Å². The molecule has 0 aliphatic rings. The minimum absolute atomic E-state index is 0.0842. The molecule has 0 aliphatic heterocycles. The largest absolute Gasteiger partial charge is 0.478 e. The van der Waals surface area contributed by atoms with Crippen LogP contribution >= 0.6 is 0 Å². The van der Waals surface area contributed by atoms with Crippen molar-refractivity contribution < 1.29 is 48.6 Å². The molecule has 4 aromatic rings. The van der Waals surface area contributed by atoms with Crippen LogP contribution in [0, 0.1) is 13.8 Å². The molecule has 0 saturated heterocycles. The number of hydrogen-bond acceptors (Lipinski definition) is 8. The van der Waals surface area contributed by atoms with Crippen molar-refractivity contribution >= 4 is 23.9 Å². The summed E-state index contributed by atoms with van der Waals surface area (Å²) in [5, 5.41) is 18.9. The van der Waals surface area contributed by atoms with Crippen molar-refractivity contribution in [1.29, 1.82) is 0 Å². The van der Waals surface area contributed by atoms with Gasteiger partial charge in [-0.1, -0.05) is 53.6 Å². The Morgan fingerprint density at radius 3 is 1.75 bits per heavy atom. The van der Waals surface area contributed by atoms with Crippen molar-refractivity contribution in [2.45, 2.75) is 32.8 Å². The van der Waals surface area contributed by atoms with E-state index in [0.29, 0.717) is 28.0 Å². The first-order chi connectivity index (χ1) is 20.9. The maximum atomic E-state index is 13.1. The van der Waals surface area contributed by atoms with Crippen LogP contribution < -0.4 is 9.62 Å². The molecule has 2 N–H and O–H groups in total. The van der Waals surface area contributed by atoms with Crippen molar-refractivity contribution in [3.8, 4) is 11.5 Å². The first-order valence-corrected chi connectivity index (χ1v) is 13.4. The number of benzene rings is 4. The van der Waals surface area contributed by atoms with Crippen LogP contribution in [0.25, 0.3) is 0 Å². The molecular weight excluding hydrogens is 568 g/mol. The number of esters is 2. The number of methoxy groups -OCH3 is 1. The molecule has 0 bridgehead atoms. The summed E-state index contributed by atoms with van der Waals surface area (Å²) in [5.41, 5.74) is 1.67. The first kappa shape index (κ1) is 31.5. The Labute approximate surface area is 253 Å². The Bertz CT molecular complexity index is 1710. The summed E-state index contributed by atoms with van der Waals surface area (Å²) in [6.45, 7) is 5.10. The van der Waals surface area contributed by atoms with Gasteiger partial charge >= 0.3 is 23.9 Å². The molecule has 0 aliphatic carbocycles. The number of ether oxygens (including phenoxy) is 2. The van der Waals surface area contributed by atoms with E-state index in [1.54, 1.807) is 81.4 Å². The highest BCUT2D eigenvalue weighted by molar-refractivity contribution is 6.03. The Hall–Kier alpha value is -5.48. The average molecular weight is 599 g/mol. The van der Waals surface area contributed by atoms with Gasteiger partial charge in [-0.3, -0.25) is 4.79 Å². The normalized spacial score (nSPS) is 12.1. The lowest BCUT2D eigenvalue weighted by Gasteiger charge is -2.28. The SMILES string of the molecule is COC(=O)C(C)(c1ccc(OOCc2ccc(C)cc2C(=O)O)cc1)c1ccc(OC(=O)c2ccc(C)cc2C(=O)O)cc1. The van der Waals surface area contributed by atoms with Crippen molar-refractivity contribution in [3.63, 3.8) is 0 Å². The van der Waals surface area contributed by atoms with E-state index in [1.807, 2.05) is 0 Å². The van der Waals surface area contributed by atoms with E-state index in [0.717, 1.165) is 5.56 Å². The zero-order valence-corrected chi connectivity index (χ0v) is 24.5. The molecule has 4 rings (SSSR count). The van der Waals surface area contributed by atoms with E-state index in [-0.39, 0.29) is 29.0 Å². The summed E-state index contributed by atoms with van der Waals surface area (Å²) in [6.07, 6.45) is 0. The Morgan fingerprint density at radius 1 is 0.682 bits per heavy atom. The van der Waals surface area contributed by atoms with Crippen LogP contribution in [0.2, 0.25) is 0 Å². The lowest BCUT2D eigenvalue weighted by atomic mass is 9.76. The Kier molecular flexibility index (Phi) is 9.45. The number of carbonyl (C=O) groups excluding carboxylic acids is 2. The summed E-state index contributed by atoms with van der Waals surface area (Å²) in [4.78, 5) is 59.6. The smallest absolute Gasteiger partial charge is 0.344 e. The molecule has 10 heteroatoms. The zero-order valence-electron chi connectivity index (χ0n) is 24.5. The van der Waals surface area contributed by atoms with Crippen molar-refractivity contribution in [1.82, 2.24) is 0 Å². The van der Waals surface area contributed by atoms with Crippen molar-refractivity contribution in [3.05, 3.63) is 129 Å². The fraction of sp³-hybridized carbons (Fsp3) is 0.176. The van der Waals surface area contributed by atoms with Crippen LogP contribution in [0.4, 0.5) is 0 Å². The summed E-state index contributed by atoms with van der Waals surface area (Å²) in [6, 6.07) is 22.2. The van der Waals surface area contributed by atoms with Crippen molar-refractivity contribution in [2.75, 3.05) is 7.11 Å². The van der Waals surface area contributed by atoms with Gasteiger partial charge < -0.3 is 24.6 Å².